The zero-order chi connectivity index (χ0) is 13.7. The summed E-state index contributed by atoms with van der Waals surface area (Å²) < 4.78 is 0. The highest BCUT2D eigenvalue weighted by Crippen LogP contribution is 2.29. The van der Waals surface area contributed by atoms with Gasteiger partial charge >= 0.3 is 5.97 Å². The molecule has 1 aliphatic carbocycles. The van der Waals surface area contributed by atoms with Crippen molar-refractivity contribution in [2.45, 2.75) is 57.8 Å². The predicted molar refractivity (Wildman–Crippen MR) is 68.3 cm³/mol. The molecule has 0 aromatic carbocycles. The van der Waals surface area contributed by atoms with Gasteiger partial charge in [-0.15, -0.1) is 0 Å². The summed E-state index contributed by atoms with van der Waals surface area (Å²) in [7, 11) is 0. The van der Waals surface area contributed by atoms with Crippen LogP contribution in [-0.4, -0.2) is 57.5 Å². The van der Waals surface area contributed by atoms with Crippen molar-refractivity contribution in [1.29, 1.82) is 0 Å². The van der Waals surface area contributed by atoms with Crippen LogP contribution in [0.5, 0.6) is 0 Å². The largest absolute Gasteiger partial charge is 0.481 e. The second-order valence-corrected chi connectivity index (χ2v) is 5.45. The highest BCUT2D eigenvalue weighted by molar-refractivity contribution is 5.71. The zero-order valence-electron chi connectivity index (χ0n) is 11.2. The summed E-state index contributed by atoms with van der Waals surface area (Å²) in [5.74, 6) is -1.14. The molecule has 1 rings (SSSR count). The number of rotatable bonds is 6. The van der Waals surface area contributed by atoms with Gasteiger partial charge < -0.3 is 15.3 Å². The first-order chi connectivity index (χ1) is 8.41. The number of nitrogens with zero attached hydrogens (tertiary/aromatic N) is 1. The van der Waals surface area contributed by atoms with Crippen LogP contribution >= 0.6 is 0 Å². The van der Waals surface area contributed by atoms with Gasteiger partial charge in [0.15, 0.2) is 0 Å². The molecule has 2 unspecified atom stereocenters. The molecule has 0 heterocycles. The van der Waals surface area contributed by atoms with Crippen molar-refractivity contribution < 1.29 is 20.1 Å². The van der Waals surface area contributed by atoms with Crippen molar-refractivity contribution in [2.24, 2.45) is 5.92 Å². The second kappa shape index (κ2) is 7.07. The van der Waals surface area contributed by atoms with Crippen LogP contribution in [0.4, 0.5) is 0 Å². The molecular formula is C13H25NO4. The van der Waals surface area contributed by atoms with Crippen LogP contribution in [0.15, 0.2) is 0 Å². The van der Waals surface area contributed by atoms with Crippen molar-refractivity contribution in [3.63, 3.8) is 0 Å². The van der Waals surface area contributed by atoms with E-state index < -0.39 is 18.2 Å². The fourth-order valence-corrected chi connectivity index (χ4v) is 2.86. The van der Waals surface area contributed by atoms with Gasteiger partial charge in [-0.3, -0.25) is 9.69 Å². The van der Waals surface area contributed by atoms with Crippen molar-refractivity contribution in [1.82, 2.24) is 4.90 Å². The lowest BCUT2D eigenvalue weighted by molar-refractivity contribution is -0.146. The number of hydrogen-bond donors (Lipinski definition) is 3. The lowest BCUT2D eigenvalue weighted by Gasteiger charge is -2.39. The summed E-state index contributed by atoms with van der Waals surface area (Å²) in [5, 5.41) is 28.3. The summed E-state index contributed by atoms with van der Waals surface area (Å²) >= 11 is 0. The Kier molecular flexibility index (Phi) is 6.05. The Labute approximate surface area is 108 Å². The standard InChI is InChI=1S/C13H25NO4/c1-9(15)7-14(8-10(2)16)12-6-4-3-5-11(12)13(17)18/h9-12,15-16H,3-8H2,1-2H3,(H,17,18)/t9?,10?,11-,12+/m0/s1. The topological polar surface area (TPSA) is 81.0 Å². The van der Waals surface area contributed by atoms with Crippen LogP contribution in [0, 0.1) is 5.92 Å². The van der Waals surface area contributed by atoms with E-state index in [2.05, 4.69) is 0 Å². The second-order valence-electron chi connectivity index (χ2n) is 5.45. The van der Waals surface area contributed by atoms with Gasteiger partial charge in [0, 0.05) is 19.1 Å². The summed E-state index contributed by atoms with van der Waals surface area (Å²) in [6.45, 7) is 4.21. The van der Waals surface area contributed by atoms with E-state index >= 15 is 0 Å². The van der Waals surface area contributed by atoms with E-state index in [1.807, 2.05) is 4.90 Å². The molecule has 0 aromatic heterocycles. The maximum atomic E-state index is 11.3. The van der Waals surface area contributed by atoms with E-state index in [9.17, 15) is 20.1 Å². The Bertz CT molecular complexity index is 258. The Hall–Kier alpha value is -0.650. The SMILES string of the molecule is CC(O)CN(CC(C)O)[C@@H]1CCCC[C@@H]1C(=O)O. The van der Waals surface area contributed by atoms with Crippen LogP contribution in [-0.2, 0) is 4.79 Å². The van der Waals surface area contributed by atoms with E-state index in [1.54, 1.807) is 13.8 Å². The molecule has 0 aliphatic heterocycles. The van der Waals surface area contributed by atoms with Gasteiger partial charge in [-0.05, 0) is 26.7 Å². The average Bonchev–Trinajstić information content (AvgIpc) is 2.26. The number of aliphatic hydroxyl groups is 2. The van der Waals surface area contributed by atoms with Crippen LogP contribution < -0.4 is 0 Å². The molecule has 0 amide bonds. The molecule has 0 radical (unpaired) electrons. The van der Waals surface area contributed by atoms with Crippen molar-refractivity contribution in [2.75, 3.05) is 13.1 Å². The number of hydrogen-bond acceptors (Lipinski definition) is 4. The molecule has 0 aromatic rings. The quantitative estimate of drug-likeness (QED) is 0.654. The van der Waals surface area contributed by atoms with Crippen molar-refractivity contribution in [3.05, 3.63) is 0 Å². The Balaban J connectivity index is 2.76. The summed E-state index contributed by atoms with van der Waals surface area (Å²) in [4.78, 5) is 13.2. The average molecular weight is 259 g/mol. The van der Waals surface area contributed by atoms with Crippen molar-refractivity contribution in [3.8, 4) is 0 Å². The fraction of sp³-hybridized carbons (Fsp3) is 0.923. The summed E-state index contributed by atoms with van der Waals surface area (Å²) in [5.41, 5.74) is 0. The van der Waals surface area contributed by atoms with Crippen LogP contribution in [0.3, 0.4) is 0 Å². The van der Waals surface area contributed by atoms with E-state index in [1.165, 1.54) is 0 Å². The first kappa shape index (κ1) is 15.4. The predicted octanol–water partition coefficient (Wildman–Crippen LogP) is 0.693. The molecule has 5 heteroatoms. The van der Waals surface area contributed by atoms with Crippen LogP contribution in [0.25, 0.3) is 0 Å². The molecule has 18 heavy (non-hydrogen) atoms. The monoisotopic (exact) mass is 259 g/mol. The van der Waals surface area contributed by atoms with Gasteiger partial charge in [0.1, 0.15) is 0 Å². The molecule has 0 spiro atoms. The maximum Gasteiger partial charge on any atom is 0.308 e. The van der Waals surface area contributed by atoms with Crippen LogP contribution in [0.1, 0.15) is 39.5 Å². The van der Waals surface area contributed by atoms with Gasteiger partial charge in [0.2, 0.25) is 0 Å². The third kappa shape index (κ3) is 4.55. The molecule has 106 valence electrons. The minimum atomic E-state index is -0.763. The lowest BCUT2D eigenvalue weighted by Crippen LogP contribution is -2.50. The van der Waals surface area contributed by atoms with Gasteiger partial charge in [0.25, 0.3) is 0 Å². The molecule has 3 N–H and O–H groups in total. The Morgan fingerprint density at radius 1 is 1.17 bits per heavy atom. The first-order valence-corrected chi connectivity index (χ1v) is 6.74. The summed E-state index contributed by atoms with van der Waals surface area (Å²) in [6, 6.07) is -0.0690. The molecule has 0 bridgehead atoms. The van der Waals surface area contributed by atoms with E-state index in [0.717, 1.165) is 19.3 Å². The van der Waals surface area contributed by atoms with E-state index in [4.69, 9.17) is 0 Å². The smallest absolute Gasteiger partial charge is 0.308 e. The zero-order valence-corrected chi connectivity index (χ0v) is 11.2. The Morgan fingerprint density at radius 2 is 1.67 bits per heavy atom. The molecule has 1 saturated carbocycles. The third-order valence-corrected chi connectivity index (χ3v) is 3.51. The van der Waals surface area contributed by atoms with E-state index in [-0.39, 0.29) is 12.0 Å². The number of aliphatic carboxylic acids is 1. The highest BCUT2D eigenvalue weighted by Gasteiger charge is 2.35. The molecule has 4 atom stereocenters. The highest BCUT2D eigenvalue weighted by atomic mass is 16.4. The molecular weight excluding hydrogens is 234 g/mol. The van der Waals surface area contributed by atoms with Gasteiger partial charge in [-0.25, -0.2) is 0 Å². The van der Waals surface area contributed by atoms with Crippen LogP contribution in [0.2, 0.25) is 0 Å². The normalized spacial score (nSPS) is 28.1. The molecule has 1 fully saturated rings. The molecule has 1 aliphatic rings. The molecule has 0 saturated heterocycles. The van der Waals surface area contributed by atoms with Gasteiger partial charge in [-0.2, -0.15) is 0 Å². The first-order valence-electron chi connectivity index (χ1n) is 6.74. The third-order valence-electron chi connectivity index (χ3n) is 3.51. The minimum absolute atomic E-state index is 0.0690. The fourth-order valence-electron chi connectivity index (χ4n) is 2.86. The summed E-state index contributed by atoms with van der Waals surface area (Å²) in [6.07, 6.45) is 2.46. The number of carboxylic acid groups (broad SMARTS) is 1. The maximum absolute atomic E-state index is 11.3. The van der Waals surface area contributed by atoms with Gasteiger partial charge in [0.05, 0.1) is 18.1 Å². The molecule has 5 nitrogen and oxygen atoms in total. The van der Waals surface area contributed by atoms with Crippen molar-refractivity contribution >= 4 is 5.97 Å². The number of carboxylic acids is 1. The Morgan fingerprint density at radius 3 is 2.11 bits per heavy atom. The lowest BCUT2D eigenvalue weighted by atomic mass is 9.83. The minimum Gasteiger partial charge on any atom is -0.481 e. The van der Waals surface area contributed by atoms with E-state index in [0.29, 0.717) is 19.5 Å². The number of carbonyl (C=O) groups is 1. The van der Waals surface area contributed by atoms with Gasteiger partial charge in [-0.1, -0.05) is 12.8 Å². The number of aliphatic hydroxyl groups excluding tert-OH is 2.